The van der Waals surface area contributed by atoms with Crippen molar-refractivity contribution in [1.29, 1.82) is 0 Å². The first kappa shape index (κ1) is 21.3. The molecule has 0 N–H and O–H groups in total. The van der Waals surface area contributed by atoms with Crippen molar-refractivity contribution in [2.45, 2.75) is 19.4 Å². The maximum Gasteiger partial charge on any atom is 0.290 e. The third-order valence-electron chi connectivity index (χ3n) is 6.09. The molecule has 1 amide bonds. The van der Waals surface area contributed by atoms with Crippen LogP contribution in [0.25, 0.3) is 11.0 Å². The number of nitrogens with zero attached hydrogens (tertiary/aromatic N) is 1. The van der Waals surface area contributed by atoms with E-state index >= 15 is 0 Å². The van der Waals surface area contributed by atoms with Crippen LogP contribution in [0.5, 0.6) is 5.75 Å². The second-order valence-electron chi connectivity index (χ2n) is 8.23. The molecular weight excluding hydrogens is 438 g/mol. The van der Waals surface area contributed by atoms with E-state index < -0.39 is 6.04 Å². The summed E-state index contributed by atoms with van der Waals surface area (Å²) in [4.78, 5) is 28.8. The highest BCUT2D eigenvalue weighted by Crippen LogP contribution is 2.39. The van der Waals surface area contributed by atoms with Gasteiger partial charge >= 0.3 is 0 Å². The average molecular weight is 460 g/mol. The minimum absolute atomic E-state index is 0.107. The van der Waals surface area contributed by atoms with E-state index in [2.05, 4.69) is 0 Å². The van der Waals surface area contributed by atoms with Gasteiger partial charge in [0.1, 0.15) is 11.3 Å². The predicted molar refractivity (Wildman–Crippen MR) is 128 cm³/mol. The second kappa shape index (κ2) is 8.41. The summed E-state index contributed by atoms with van der Waals surface area (Å²) in [6.45, 7) is 2.34. The maximum absolute atomic E-state index is 13.6. The number of carbonyl (C=O) groups is 1. The van der Waals surface area contributed by atoms with Gasteiger partial charge in [0.05, 0.1) is 24.1 Å². The predicted octanol–water partition coefficient (Wildman–Crippen LogP) is 5.55. The summed E-state index contributed by atoms with van der Waals surface area (Å²) in [5.74, 6) is 0.594. The highest BCUT2D eigenvalue weighted by Gasteiger charge is 2.42. The van der Waals surface area contributed by atoms with Gasteiger partial charge in [-0.15, -0.1) is 0 Å². The van der Waals surface area contributed by atoms with Crippen LogP contribution in [-0.2, 0) is 6.42 Å². The van der Waals surface area contributed by atoms with E-state index in [0.29, 0.717) is 34.5 Å². The SMILES string of the molecule is COc1ccc(CCN2C(=O)c3oc4ccc(C)cc4c(=O)c3[C@@H]2c2cccc(Cl)c2)cc1. The lowest BCUT2D eigenvalue weighted by Crippen LogP contribution is -2.31. The number of hydrogen-bond donors (Lipinski definition) is 0. The normalized spacial score (nSPS) is 15.2. The fraction of sp³-hybridized carbons (Fsp3) is 0.185. The lowest BCUT2D eigenvalue weighted by molar-refractivity contribution is 0.0730. The highest BCUT2D eigenvalue weighted by molar-refractivity contribution is 6.30. The van der Waals surface area contributed by atoms with Gasteiger partial charge in [0, 0.05) is 11.6 Å². The van der Waals surface area contributed by atoms with E-state index in [0.717, 1.165) is 22.4 Å². The van der Waals surface area contributed by atoms with Crippen LogP contribution >= 0.6 is 11.6 Å². The number of fused-ring (bicyclic) bond motifs is 2. The lowest BCUT2D eigenvalue weighted by Gasteiger charge is -2.25. The van der Waals surface area contributed by atoms with Gasteiger partial charge < -0.3 is 14.1 Å². The minimum atomic E-state index is -0.564. The van der Waals surface area contributed by atoms with Crippen LogP contribution in [0.3, 0.4) is 0 Å². The van der Waals surface area contributed by atoms with E-state index in [1.165, 1.54) is 0 Å². The van der Waals surface area contributed by atoms with Crippen molar-refractivity contribution in [2.24, 2.45) is 0 Å². The molecule has 6 heteroatoms. The molecule has 0 saturated carbocycles. The van der Waals surface area contributed by atoms with Crippen LogP contribution in [-0.4, -0.2) is 24.5 Å². The summed E-state index contributed by atoms with van der Waals surface area (Å²) in [6, 6.07) is 19.9. The molecule has 0 aliphatic carbocycles. The van der Waals surface area contributed by atoms with Crippen molar-refractivity contribution >= 4 is 28.5 Å². The van der Waals surface area contributed by atoms with Crippen LogP contribution in [0.15, 0.2) is 75.9 Å². The first-order valence-corrected chi connectivity index (χ1v) is 11.1. The summed E-state index contributed by atoms with van der Waals surface area (Å²) < 4.78 is 11.2. The molecule has 3 aromatic carbocycles. The Morgan fingerprint density at radius 1 is 1.03 bits per heavy atom. The van der Waals surface area contributed by atoms with Gasteiger partial charge in [-0.05, 0) is 60.9 Å². The fourth-order valence-corrected chi connectivity index (χ4v) is 4.63. The average Bonchev–Trinajstić information content (AvgIpc) is 3.10. The molecule has 4 aromatic rings. The number of methoxy groups -OCH3 is 1. The molecule has 0 radical (unpaired) electrons. The molecule has 1 atom stereocenters. The monoisotopic (exact) mass is 459 g/mol. The molecule has 1 aliphatic rings. The molecule has 0 saturated heterocycles. The summed E-state index contributed by atoms with van der Waals surface area (Å²) in [7, 11) is 1.63. The molecule has 1 aliphatic heterocycles. The Morgan fingerprint density at radius 3 is 2.55 bits per heavy atom. The second-order valence-corrected chi connectivity index (χ2v) is 8.66. The van der Waals surface area contributed by atoms with E-state index in [1.807, 2.05) is 49.4 Å². The zero-order valence-corrected chi connectivity index (χ0v) is 19.1. The van der Waals surface area contributed by atoms with Gasteiger partial charge in [-0.3, -0.25) is 9.59 Å². The van der Waals surface area contributed by atoms with E-state index in [4.69, 9.17) is 20.8 Å². The van der Waals surface area contributed by atoms with Gasteiger partial charge in [-0.1, -0.05) is 47.5 Å². The van der Waals surface area contributed by atoms with Crippen LogP contribution in [0.4, 0.5) is 0 Å². The number of halogens is 1. The third kappa shape index (κ3) is 3.79. The van der Waals surface area contributed by atoms with Crippen LogP contribution in [0.1, 0.15) is 38.9 Å². The van der Waals surface area contributed by atoms with Crippen LogP contribution < -0.4 is 10.2 Å². The molecule has 166 valence electrons. The fourth-order valence-electron chi connectivity index (χ4n) is 4.43. The molecule has 33 heavy (non-hydrogen) atoms. The molecule has 2 heterocycles. The van der Waals surface area contributed by atoms with Gasteiger partial charge in [0.15, 0.2) is 5.43 Å². The Bertz CT molecular complexity index is 1420. The Morgan fingerprint density at radius 2 is 1.82 bits per heavy atom. The number of rotatable bonds is 5. The van der Waals surface area contributed by atoms with E-state index in [9.17, 15) is 9.59 Å². The molecule has 0 unspecified atom stereocenters. The summed E-state index contributed by atoms with van der Waals surface area (Å²) in [6.07, 6.45) is 0.619. The van der Waals surface area contributed by atoms with Crippen molar-refractivity contribution in [3.8, 4) is 5.75 Å². The number of hydrogen-bond acceptors (Lipinski definition) is 4. The van der Waals surface area contributed by atoms with Crippen molar-refractivity contribution < 1.29 is 13.9 Å². The first-order chi connectivity index (χ1) is 16.0. The Hall–Kier alpha value is -3.57. The van der Waals surface area contributed by atoms with Crippen molar-refractivity contribution in [2.75, 3.05) is 13.7 Å². The minimum Gasteiger partial charge on any atom is -0.497 e. The lowest BCUT2D eigenvalue weighted by atomic mass is 9.98. The summed E-state index contributed by atoms with van der Waals surface area (Å²) in [5.41, 5.74) is 3.40. The number of amides is 1. The van der Waals surface area contributed by atoms with Crippen molar-refractivity contribution in [1.82, 2.24) is 4.90 Å². The van der Waals surface area contributed by atoms with Crippen molar-refractivity contribution in [3.05, 3.63) is 110 Å². The molecule has 0 fully saturated rings. The molecule has 1 aromatic heterocycles. The van der Waals surface area contributed by atoms with Crippen LogP contribution in [0.2, 0.25) is 5.02 Å². The summed E-state index contributed by atoms with van der Waals surface area (Å²) >= 11 is 6.27. The number of carbonyl (C=O) groups excluding carboxylic acids is 1. The van der Waals surface area contributed by atoms with E-state index in [-0.39, 0.29) is 17.1 Å². The molecule has 0 bridgehead atoms. The smallest absolute Gasteiger partial charge is 0.290 e. The quantitative estimate of drug-likeness (QED) is 0.392. The van der Waals surface area contributed by atoms with E-state index in [1.54, 1.807) is 36.3 Å². The van der Waals surface area contributed by atoms with Gasteiger partial charge in [-0.2, -0.15) is 0 Å². The molecule has 5 rings (SSSR count). The van der Waals surface area contributed by atoms with Crippen LogP contribution in [0, 0.1) is 6.92 Å². The molecule has 5 nitrogen and oxygen atoms in total. The first-order valence-electron chi connectivity index (χ1n) is 10.7. The Kier molecular flexibility index (Phi) is 5.43. The maximum atomic E-state index is 13.6. The molecule has 0 spiro atoms. The molecular formula is C27H22ClNO4. The number of ether oxygens (including phenoxy) is 1. The zero-order chi connectivity index (χ0) is 23.1. The third-order valence-corrected chi connectivity index (χ3v) is 6.32. The number of aryl methyl sites for hydroxylation is 1. The Balaban J connectivity index is 1.61. The topological polar surface area (TPSA) is 59.8 Å². The highest BCUT2D eigenvalue weighted by atomic mass is 35.5. The Labute approximate surface area is 196 Å². The van der Waals surface area contributed by atoms with Gasteiger partial charge in [-0.25, -0.2) is 0 Å². The largest absolute Gasteiger partial charge is 0.497 e. The zero-order valence-electron chi connectivity index (χ0n) is 18.3. The standard InChI is InChI=1S/C27H22ClNO4/c1-16-6-11-22-21(14-16)25(30)23-24(18-4-3-5-19(28)15-18)29(27(31)26(23)33-22)13-12-17-7-9-20(32-2)10-8-17/h3-11,14-15,24H,12-13H2,1-2H3/t24-/m0/s1. The van der Waals surface area contributed by atoms with Crippen molar-refractivity contribution in [3.63, 3.8) is 0 Å². The van der Waals surface area contributed by atoms with Gasteiger partial charge in [0.2, 0.25) is 5.76 Å². The summed E-state index contributed by atoms with van der Waals surface area (Å²) in [5, 5.41) is 1.02. The number of benzene rings is 3. The van der Waals surface area contributed by atoms with Gasteiger partial charge in [0.25, 0.3) is 5.91 Å².